The van der Waals surface area contributed by atoms with Gasteiger partial charge < -0.3 is 49.8 Å². The Bertz CT molecular complexity index is 1600. The van der Waals surface area contributed by atoms with Crippen LogP contribution in [0.2, 0.25) is 0 Å². The van der Waals surface area contributed by atoms with Gasteiger partial charge in [0.15, 0.2) is 11.9 Å². The number of benzene rings is 1. The van der Waals surface area contributed by atoms with E-state index in [1.54, 1.807) is 45.9 Å². The maximum Gasteiger partial charge on any atom is 0.407 e. The van der Waals surface area contributed by atoms with E-state index in [2.05, 4.69) is 11.9 Å². The van der Waals surface area contributed by atoms with Crippen LogP contribution in [0.4, 0.5) is 4.79 Å². The Kier molecular flexibility index (Phi) is 15.3. The van der Waals surface area contributed by atoms with Gasteiger partial charge in [-0.25, -0.2) is 14.4 Å². The topological polar surface area (TPSA) is 218 Å². The van der Waals surface area contributed by atoms with E-state index in [1.165, 1.54) is 32.1 Å². The number of ketones is 1. The molecule has 2 saturated carbocycles. The molecule has 9 unspecified atom stereocenters. The average molecular weight is 1170 g/mol. The molecule has 1 saturated heterocycles. The largest absolute Gasteiger partial charge is 0.456 e. The van der Waals surface area contributed by atoms with E-state index in [4.69, 9.17) is 18.9 Å². The molecule has 1 heterocycles. The summed E-state index contributed by atoms with van der Waals surface area (Å²) in [5, 5.41) is 62.4. The maximum absolute atomic E-state index is 14.6. The first-order chi connectivity index (χ1) is 23.8. The van der Waals surface area contributed by atoms with Crippen molar-refractivity contribution in [2.75, 3.05) is 13.2 Å². The number of carbonyl (C=O) groups excluding carboxylic acids is 4. The van der Waals surface area contributed by atoms with Gasteiger partial charge in [-0.1, -0.05) is 58.5 Å². The quantitative estimate of drug-likeness (QED) is 0.117. The standard InChI is InChI=1S/C37H49NO13.2Ac/c1-8-14-48-33(45)38-25(18(2)3)27(41)32(44)50-21-16-37(47)30(51-31(43)20-12-10-9-11-13-20)28-35(7,22(39)15-23-36(28,46)17-49-23)29(42)26(40)24(19(21)4)34(37,5)6;;/h8-13,18,21-23,25-28,30,39-41,46-47H,1,14-17H2,2-7H3,(H,38,45);;/t21?,22?,23?,25?,26?,27?,28?,30?,35-,36+,37?;;/m1../s1. The van der Waals surface area contributed by atoms with Gasteiger partial charge in [0.05, 0.1) is 35.8 Å². The molecule has 1 amide bonds. The smallest absolute Gasteiger partial charge is 0.407 e. The predicted molar refractivity (Wildman–Crippen MR) is 179 cm³/mol. The van der Waals surface area contributed by atoms with Gasteiger partial charge in [-0.3, -0.25) is 4.79 Å². The zero-order valence-corrected chi connectivity index (χ0v) is 40.3. The number of esters is 2. The molecule has 5 rings (SSSR count). The van der Waals surface area contributed by atoms with Gasteiger partial charge in [0, 0.05) is 112 Å². The SMILES string of the molecule is C=CCOC(=O)NC(C(C)C)C(O)C(=O)OC1CC2(O)C(OC(=O)c3ccccc3)C3[C@]4(O)COC4CC(O)[C@@]3(C)C(=O)C(O)C(=C1C)C2(C)C.[Ac].[Ac]. The molecule has 2 bridgehead atoms. The molecule has 1 aliphatic heterocycles. The minimum atomic E-state index is -2.28. The van der Waals surface area contributed by atoms with Crippen molar-refractivity contribution in [1.82, 2.24) is 5.32 Å². The van der Waals surface area contributed by atoms with Crippen LogP contribution in [0.1, 0.15) is 64.7 Å². The number of fused-ring (bicyclic) bond motifs is 5. The molecule has 1 aromatic carbocycles. The van der Waals surface area contributed by atoms with Crippen LogP contribution in [0.15, 0.2) is 54.1 Å². The molecule has 2 radical (unpaired) electrons. The summed E-state index contributed by atoms with van der Waals surface area (Å²) in [4.78, 5) is 54.3. The van der Waals surface area contributed by atoms with Crippen LogP contribution in [0, 0.1) is 111 Å². The molecule has 3 fully saturated rings. The Hall–Kier alpha value is -0.777. The summed E-state index contributed by atoms with van der Waals surface area (Å²) in [6.07, 6.45) is -9.70. The van der Waals surface area contributed by atoms with Gasteiger partial charge in [-0.2, -0.15) is 0 Å². The number of amides is 1. The van der Waals surface area contributed by atoms with Crippen molar-refractivity contribution in [2.45, 2.75) is 108 Å². The fraction of sp³-hybridized carbons (Fsp3) is 0.622. The van der Waals surface area contributed by atoms with Crippen LogP contribution in [0.3, 0.4) is 0 Å². The summed E-state index contributed by atoms with van der Waals surface area (Å²) >= 11 is 0. The normalized spacial score (nSPS) is 35.2. The number of carbonyl (C=O) groups is 4. The van der Waals surface area contributed by atoms with Crippen molar-refractivity contribution in [2.24, 2.45) is 22.7 Å². The predicted octanol–water partition coefficient (Wildman–Crippen LogP) is 1.36. The van der Waals surface area contributed by atoms with Gasteiger partial charge in [0.25, 0.3) is 0 Å². The van der Waals surface area contributed by atoms with Crippen LogP contribution in [0.5, 0.6) is 0 Å². The molecule has 286 valence electrons. The van der Waals surface area contributed by atoms with Crippen molar-refractivity contribution in [1.29, 1.82) is 0 Å². The molecule has 6 N–H and O–H groups in total. The van der Waals surface area contributed by atoms with Crippen molar-refractivity contribution < 1.29 is 152 Å². The Morgan fingerprint density at radius 1 is 1.08 bits per heavy atom. The summed E-state index contributed by atoms with van der Waals surface area (Å²) in [5.74, 6) is -4.98. The number of aliphatic hydroxyl groups excluding tert-OH is 3. The minimum absolute atomic E-state index is 0. The number of rotatable bonds is 9. The molecule has 16 heteroatoms. The average Bonchev–Trinajstić information content (AvgIpc) is 3.08. The second-order valence-electron chi connectivity index (χ2n) is 15.3. The van der Waals surface area contributed by atoms with Crippen LogP contribution < -0.4 is 5.32 Å². The number of hydrogen-bond donors (Lipinski definition) is 6. The summed E-state index contributed by atoms with van der Waals surface area (Å²) in [6.45, 7) is 12.3. The molecular formula is C37H49Ac2NO13. The van der Waals surface area contributed by atoms with Crippen LogP contribution in [-0.4, -0.2) is 116 Å². The summed E-state index contributed by atoms with van der Waals surface area (Å²) in [6, 6.07) is 6.71. The molecule has 11 atom stereocenters. The van der Waals surface area contributed by atoms with Crippen molar-refractivity contribution in [3.63, 3.8) is 0 Å². The second-order valence-corrected chi connectivity index (χ2v) is 15.3. The fourth-order valence-electron chi connectivity index (χ4n) is 8.66. The molecule has 0 spiro atoms. The molecule has 3 aliphatic carbocycles. The van der Waals surface area contributed by atoms with E-state index in [0.29, 0.717) is 0 Å². The third-order valence-corrected chi connectivity index (χ3v) is 11.8. The Morgan fingerprint density at radius 2 is 1.70 bits per heavy atom. The molecule has 0 aromatic heterocycles. The maximum atomic E-state index is 14.6. The van der Waals surface area contributed by atoms with Crippen molar-refractivity contribution >= 4 is 23.8 Å². The molecular weight excluding hydrogens is 1120 g/mol. The van der Waals surface area contributed by atoms with Crippen molar-refractivity contribution in [3.05, 3.63) is 59.7 Å². The molecule has 14 nitrogen and oxygen atoms in total. The third-order valence-electron chi connectivity index (χ3n) is 11.8. The van der Waals surface area contributed by atoms with Gasteiger partial charge in [0.2, 0.25) is 0 Å². The fourth-order valence-corrected chi connectivity index (χ4v) is 8.66. The Balaban J connectivity index is 0.00000378. The number of ether oxygens (including phenoxy) is 4. The van der Waals surface area contributed by atoms with Gasteiger partial charge in [0.1, 0.15) is 36.1 Å². The van der Waals surface area contributed by atoms with Crippen LogP contribution >= 0.6 is 0 Å². The Labute approximate surface area is 380 Å². The van der Waals surface area contributed by atoms with E-state index < -0.39 is 107 Å². The van der Waals surface area contributed by atoms with Gasteiger partial charge in [-0.15, -0.1) is 0 Å². The zero-order chi connectivity index (χ0) is 37.8. The Morgan fingerprint density at radius 3 is 2.25 bits per heavy atom. The first kappa shape index (κ1) is 46.6. The van der Waals surface area contributed by atoms with Crippen LogP contribution in [0.25, 0.3) is 0 Å². The van der Waals surface area contributed by atoms with Gasteiger partial charge in [-0.05, 0) is 43.0 Å². The van der Waals surface area contributed by atoms with E-state index in [9.17, 15) is 44.7 Å². The van der Waals surface area contributed by atoms with E-state index in [-0.39, 0.29) is 124 Å². The molecule has 53 heavy (non-hydrogen) atoms. The first-order valence-corrected chi connectivity index (χ1v) is 17.1. The number of Topliss-reactive ketones (excluding diaryl/α,β-unsaturated/α-hetero) is 1. The number of hydrogen-bond acceptors (Lipinski definition) is 13. The third kappa shape index (κ3) is 7.91. The summed E-state index contributed by atoms with van der Waals surface area (Å²) < 4.78 is 22.6. The second kappa shape index (κ2) is 17.4. The van der Waals surface area contributed by atoms with E-state index >= 15 is 0 Å². The monoisotopic (exact) mass is 1170 g/mol. The van der Waals surface area contributed by atoms with E-state index in [1.807, 2.05) is 0 Å². The summed E-state index contributed by atoms with van der Waals surface area (Å²) in [7, 11) is 0. The molecule has 1 aromatic rings. The number of alkyl carbamates (subject to hydrolysis) is 1. The zero-order valence-electron chi connectivity index (χ0n) is 30.9. The van der Waals surface area contributed by atoms with E-state index in [0.717, 1.165) is 0 Å². The number of nitrogens with one attached hydrogen (secondary N) is 1. The van der Waals surface area contributed by atoms with Gasteiger partial charge >= 0.3 is 18.0 Å². The van der Waals surface area contributed by atoms with Crippen LogP contribution in [-0.2, 0) is 28.5 Å². The minimum Gasteiger partial charge on any atom is -0.456 e. The number of aliphatic hydroxyl groups is 5. The first-order valence-electron chi connectivity index (χ1n) is 17.1. The molecule has 4 aliphatic rings. The van der Waals surface area contributed by atoms with Crippen molar-refractivity contribution in [3.8, 4) is 0 Å². The summed E-state index contributed by atoms with van der Waals surface area (Å²) in [5.41, 5.74) is -7.45.